The Morgan fingerprint density at radius 3 is 2.67 bits per heavy atom. The SMILES string of the molecule is CS(=O)(=O)N(CCNC(=O)c1cccs1)C1CCCCC1. The first-order chi connectivity index (χ1) is 9.98. The van der Waals surface area contributed by atoms with E-state index in [0.29, 0.717) is 18.0 Å². The van der Waals surface area contributed by atoms with E-state index in [1.54, 1.807) is 10.4 Å². The van der Waals surface area contributed by atoms with Crippen molar-refractivity contribution in [2.24, 2.45) is 0 Å². The second-order valence-electron chi connectivity index (χ2n) is 5.40. The molecule has 0 aliphatic heterocycles. The summed E-state index contributed by atoms with van der Waals surface area (Å²) < 4.78 is 25.5. The van der Waals surface area contributed by atoms with Gasteiger partial charge in [0, 0.05) is 19.1 Å². The van der Waals surface area contributed by atoms with Crippen molar-refractivity contribution >= 4 is 27.3 Å². The van der Waals surface area contributed by atoms with E-state index < -0.39 is 10.0 Å². The third kappa shape index (κ3) is 4.79. The molecule has 0 atom stereocenters. The number of hydrogen-bond acceptors (Lipinski definition) is 4. The van der Waals surface area contributed by atoms with Crippen molar-refractivity contribution < 1.29 is 13.2 Å². The van der Waals surface area contributed by atoms with Crippen molar-refractivity contribution in [1.29, 1.82) is 0 Å². The summed E-state index contributed by atoms with van der Waals surface area (Å²) in [5.41, 5.74) is 0. The van der Waals surface area contributed by atoms with Crippen LogP contribution >= 0.6 is 11.3 Å². The van der Waals surface area contributed by atoms with E-state index in [9.17, 15) is 13.2 Å². The minimum Gasteiger partial charge on any atom is -0.350 e. The van der Waals surface area contributed by atoms with Crippen LogP contribution in [0.5, 0.6) is 0 Å². The monoisotopic (exact) mass is 330 g/mol. The summed E-state index contributed by atoms with van der Waals surface area (Å²) in [4.78, 5) is 12.5. The maximum absolute atomic E-state index is 12.0. The molecular formula is C14H22N2O3S2. The van der Waals surface area contributed by atoms with Crippen LogP contribution in [0.2, 0.25) is 0 Å². The predicted octanol–water partition coefficient (Wildman–Crippen LogP) is 2.07. The van der Waals surface area contributed by atoms with E-state index in [2.05, 4.69) is 5.32 Å². The lowest BCUT2D eigenvalue weighted by atomic mass is 9.95. The van der Waals surface area contributed by atoms with Gasteiger partial charge in [0.25, 0.3) is 5.91 Å². The van der Waals surface area contributed by atoms with Crippen LogP contribution in [0.15, 0.2) is 17.5 Å². The number of nitrogens with zero attached hydrogens (tertiary/aromatic N) is 1. The van der Waals surface area contributed by atoms with E-state index in [4.69, 9.17) is 0 Å². The van der Waals surface area contributed by atoms with Crippen molar-refractivity contribution in [3.63, 3.8) is 0 Å². The second kappa shape index (κ2) is 7.38. The molecule has 1 saturated carbocycles. The molecule has 0 radical (unpaired) electrons. The maximum Gasteiger partial charge on any atom is 0.261 e. The molecule has 21 heavy (non-hydrogen) atoms. The fourth-order valence-corrected chi connectivity index (χ4v) is 4.58. The molecule has 0 spiro atoms. The van der Waals surface area contributed by atoms with Crippen LogP contribution in [0.4, 0.5) is 0 Å². The molecule has 1 aliphatic rings. The number of nitrogens with one attached hydrogen (secondary N) is 1. The van der Waals surface area contributed by atoms with Crippen molar-refractivity contribution in [2.75, 3.05) is 19.3 Å². The molecule has 7 heteroatoms. The molecule has 118 valence electrons. The molecule has 1 amide bonds. The van der Waals surface area contributed by atoms with Gasteiger partial charge in [-0.3, -0.25) is 4.79 Å². The van der Waals surface area contributed by atoms with Gasteiger partial charge in [-0.1, -0.05) is 25.3 Å². The Balaban J connectivity index is 1.89. The van der Waals surface area contributed by atoms with Crippen LogP contribution in [-0.4, -0.2) is 44.0 Å². The van der Waals surface area contributed by atoms with Crippen LogP contribution in [0.3, 0.4) is 0 Å². The van der Waals surface area contributed by atoms with Gasteiger partial charge >= 0.3 is 0 Å². The number of thiophene rings is 1. The first-order valence-corrected chi connectivity index (χ1v) is 10.00. The van der Waals surface area contributed by atoms with Crippen molar-refractivity contribution in [1.82, 2.24) is 9.62 Å². The van der Waals surface area contributed by atoms with E-state index in [-0.39, 0.29) is 11.9 Å². The standard InChI is InChI=1S/C14H22N2O3S2/c1-21(18,19)16(12-6-3-2-4-7-12)10-9-15-14(17)13-8-5-11-20-13/h5,8,11-12H,2-4,6-7,9-10H2,1H3,(H,15,17). The zero-order valence-electron chi connectivity index (χ0n) is 12.2. The maximum atomic E-state index is 12.0. The van der Waals surface area contributed by atoms with Crippen LogP contribution in [0.25, 0.3) is 0 Å². The Hall–Kier alpha value is -0.920. The van der Waals surface area contributed by atoms with Gasteiger partial charge < -0.3 is 5.32 Å². The molecule has 0 saturated heterocycles. The topological polar surface area (TPSA) is 66.5 Å². The molecule has 1 heterocycles. The molecular weight excluding hydrogens is 308 g/mol. The van der Waals surface area contributed by atoms with Gasteiger partial charge in [-0.25, -0.2) is 8.42 Å². The number of amides is 1. The highest BCUT2D eigenvalue weighted by Gasteiger charge is 2.27. The Labute approximate surface area is 130 Å². The number of sulfonamides is 1. The molecule has 1 fully saturated rings. The minimum atomic E-state index is -3.23. The van der Waals surface area contributed by atoms with E-state index in [1.165, 1.54) is 24.0 Å². The third-order valence-corrected chi connectivity index (χ3v) is 5.97. The summed E-state index contributed by atoms with van der Waals surface area (Å²) in [6.07, 6.45) is 6.44. The van der Waals surface area contributed by atoms with Crippen LogP contribution in [0, 0.1) is 0 Å². The Morgan fingerprint density at radius 2 is 2.10 bits per heavy atom. The van der Waals surface area contributed by atoms with Gasteiger partial charge in [0.1, 0.15) is 0 Å². The van der Waals surface area contributed by atoms with Gasteiger partial charge in [0.05, 0.1) is 11.1 Å². The molecule has 0 aromatic carbocycles. The second-order valence-corrected chi connectivity index (χ2v) is 8.28. The Kier molecular flexibility index (Phi) is 5.78. The van der Waals surface area contributed by atoms with Gasteiger partial charge in [-0.2, -0.15) is 4.31 Å². The first-order valence-electron chi connectivity index (χ1n) is 7.27. The summed E-state index contributed by atoms with van der Waals surface area (Å²) in [5, 5.41) is 4.64. The lowest BCUT2D eigenvalue weighted by Crippen LogP contribution is -2.44. The quantitative estimate of drug-likeness (QED) is 0.868. The summed E-state index contributed by atoms with van der Waals surface area (Å²) in [6.45, 7) is 0.695. The zero-order chi connectivity index (χ0) is 15.3. The van der Waals surface area contributed by atoms with E-state index >= 15 is 0 Å². The van der Waals surface area contributed by atoms with Crippen molar-refractivity contribution in [2.45, 2.75) is 38.1 Å². The molecule has 1 N–H and O–H groups in total. The van der Waals surface area contributed by atoms with Crippen LogP contribution in [-0.2, 0) is 10.0 Å². The van der Waals surface area contributed by atoms with Crippen molar-refractivity contribution in [3.8, 4) is 0 Å². The largest absolute Gasteiger partial charge is 0.350 e. The molecule has 1 aliphatic carbocycles. The Bertz CT molecular complexity index is 549. The predicted molar refractivity (Wildman–Crippen MR) is 85.1 cm³/mol. The molecule has 1 aromatic rings. The van der Waals surface area contributed by atoms with Gasteiger partial charge in [0.15, 0.2) is 0 Å². The van der Waals surface area contributed by atoms with Gasteiger partial charge in [0.2, 0.25) is 10.0 Å². The molecule has 0 unspecified atom stereocenters. The fourth-order valence-electron chi connectivity index (χ4n) is 2.76. The smallest absolute Gasteiger partial charge is 0.261 e. The highest BCUT2D eigenvalue weighted by molar-refractivity contribution is 7.88. The van der Waals surface area contributed by atoms with E-state index in [0.717, 1.165) is 25.7 Å². The number of hydrogen-bond donors (Lipinski definition) is 1. The summed E-state index contributed by atoms with van der Waals surface area (Å²) in [7, 11) is -3.23. The summed E-state index contributed by atoms with van der Waals surface area (Å²) in [6, 6.07) is 3.67. The molecule has 0 bridgehead atoms. The van der Waals surface area contributed by atoms with E-state index in [1.807, 2.05) is 11.4 Å². The van der Waals surface area contributed by atoms with Crippen LogP contribution < -0.4 is 5.32 Å². The lowest BCUT2D eigenvalue weighted by molar-refractivity contribution is 0.0953. The van der Waals surface area contributed by atoms with Gasteiger partial charge in [-0.05, 0) is 24.3 Å². The average molecular weight is 330 g/mol. The first kappa shape index (κ1) is 16.5. The summed E-state index contributed by atoms with van der Waals surface area (Å²) >= 11 is 1.38. The minimum absolute atomic E-state index is 0.0902. The molecule has 2 rings (SSSR count). The number of carbonyl (C=O) groups excluding carboxylic acids is 1. The number of carbonyl (C=O) groups is 1. The molecule has 5 nitrogen and oxygen atoms in total. The highest BCUT2D eigenvalue weighted by Crippen LogP contribution is 2.24. The summed E-state index contributed by atoms with van der Waals surface area (Å²) in [5.74, 6) is -0.137. The lowest BCUT2D eigenvalue weighted by Gasteiger charge is -2.32. The average Bonchev–Trinajstić information content (AvgIpc) is 2.97. The normalized spacial score (nSPS) is 17.0. The van der Waals surface area contributed by atoms with Crippen LogP contribution in [0.1, 0.15) is 41.8 Å². The third-order valence-electron chi connectivity index (χ3n) is 3.77. The fraction of sp³-hybridized carbons (Fsp3) is 0.643. The number of rotatable bonds is 6. The van der Waals surface area contributed by atoms with Gasteiger partial charge in [-0.15, -0.1) is 11.3 Å². The highest BCUT2D eigenvalue weighted by atomic mass is 32.2. The van der Waals surface area contributed by atoms with Crippen molar-refractivity contribution in [3.05, 3.63) is 22.4 Å². The zero-order valence-corrected chi connectivity index (χ0v) is 13.9. The Morgan fingerprint density at radius 1 is 1.38 bits per heavy atom. The molecule has 1 aromatic heterocycles.